The molecule has 18 heavy (non-hydrogen) atoms. The number of hydrogen-bond acceptors (Lipinski definition) is 4. The molecule has 1 unspecified atom stereocenters. The van der Waals surface area contributed by atoms with Gasteiger partial charge in [0.25, 0.3) is 0 Å². The molecule has 4 nitrogen and oxygen atoms in total. The summed E-state index contributed by atoms with van der Waals surface area (Å²) in [7, 11) is 1.62. The van der Waals surface area contributed by atoms with Crippen LogP contribution in [0.4, 0.5) is 0 Å². The van der Waals surface area contributed by atoms with Crippen molar-refractivity contribution in [1.82, 2.24) is 0 Å². The van der Waals surface area contributed by atoms with Gasteiger partial charge in [-0.25, -0.2) is 0 Å². The van der Waals surface area contributed by atoms with Gasteiger partial charge in [0.1, 0.15) is 0 Å². The van der Waals surface area contributed by atoms with Crippen molar-refractivity contribution < 1.29 is 14.2 Å². The molecule has 0 amide bonds. The van der Waals surface area contributed by atoms with Crippen molar-refractivity contribution in [1.29, 1.82) is 0 Å². The normalized spacial score (nSPS) is 15.8. The number of hydrogen-bond donors (Lipinski definition) is 1. The van der Waals surface area contributed by atoms with Crippen molar-refractivity contribution in [2.45, 2.75) is 26.3 Å². The Bertz CT molecular complexity index is 411. The van der Waals surface area contributed by atoms with Gasteiger partial charge < -0.3 is 19.9 Å². The molecule has 2 rings (SSSR count). The van der Waals surface area contributed by atoms with Gasteiger partial charge in [-0.3, -0.25) is 0 Å². The molecule has 0 saturated heterocycles. The molecule has 1 aromatic carbocycles. The average molecular weight is 274 g/mol. The first-order chi connectivity index (χ1) is 8.17. The van der Waals surface area contributed by atoms with E-state index in [0.717, 1.165) is 17.7 Å². The molecule has 2 N–H and O–H groups in total. The van der Waals surface area contributed by atoms with Crippen LogP contribution in [0.5, 0.6) is 17.2 Å². The first-order valence-electron chi connectivity index (χ1n) is 5.90. The predicted molar refractivity (Wildman–Crippen MR) is 72.7 cm³/mol. The highest BCUT2D eigenvalue weighted by Crippen LogP contribution is 2.43. The number of benzene rings is 1. The summed E-state index contributed by atoms with van der Waals surface area (Å²) in [6.07, 6.45) is 1.04. The van der Waals surface area contributed by atoms with E-state index in [1.54, 1.807) is 7.11 Å². The molecule has 2 atom stereocenters. The van der Waals surface area contributed by atoms with Crippen LogP contribution in [0.15, 0.2) is 12.1 Å². The van der Waals surface area contributed by atoms with E-state index in [4.69, 9.17) is 19.9 Å². The zero-order valence-corrected chi connectivity index (χ0v) is 11.8. The summed E-state index contributed by atoms with van der Waals surface area (Å²) < 4.78 is 16.0. The lowest BCUT2D eigenvalue weighted by Crippen LogP contribution is -2.18. The first kappa shape index (κ1) is 14.9. The highest BCUT2D eigenvalue weighted by molar-refractivity contribution is 5.85. The third-order valence-electron chi connectivity index (χ3n) is 3.32. The molecule has 1 heterocycles. The quantitative estimate of drug-likeness (QED) is 0.916. The van der Waals surface area contributed by atoms with Crippen LogP contribution in [0.25, 0.3) is 0 Å². The number of ether oxygens (including phenoxy) is 3. The highest BCUT2D eigenvalue weighted by Gasteiger charge is 2.23. The van der Waals surface area contributed by atoms with Gasteiger partial charge in [-0.1, -0.05) is 20.3 Å². The number of rotatable bonds is 4. The molecular weight excluding hydrogens is 254 g/mol. The Morgan fingerprint density at radius 3 is 2.72 bits per heavy atom. The third-order valence-corrected chi connectivity index (χ3v) is 3.32. The van der Waals surface area contributed by atoms with E-state index < -0.39 is 0 Å². The van der Waals surface area contributed by atoms with E-state index in [1.165, 1.54) is 0 Å². The topological polar surface area (TPSA) is 53.7 Å². The minimum Gasteiger partial charge on any atom is -0.493 e. The zero-order chi connectivity index (χ0) is 12.4. The lowest BCUT2D eigenvalue weighted by molar-refractivity contribution is 0.171. The molecule has 1 aromatic rings. The predicted octanol–water partition coefficient (Wildman–Crippen LogP) is 2.89. The molecular formula is C13H20ClNO3. The van der Waals surface area contributed by atoms with Gasteiger partial charge in [-0.2, -0.15) is 0 Å². The summed E-state index contributed by atoms with van der Waals surface area (Å²) in [4.78, 5) is 0. The Hall–Kier alpha value is -1.13. The molecule has 1 aliphatic rings. The summed E-state index contributed by atoms with van der Waals surface area (Å²) in [5.74, 6) is 2.50. The second-order valence-corrected chi connectivity index (χ2v) is 4.37. The standard InChI is InChI=1S/C13H19NO3.ClH/c1-4-8(2)12(14)9-5-10(15-3)13-11(6-9)16-7-17-13;/h5-6,8,12H,4,7,14H2,1-3H3;1H/t8?,12-;/m0./s1. The van der Waals surface area contributed by atoms with E-state index in [1.807, 2.05) is 12.1 Å². The van der Waals surface area contributed by atoms with Crippen molar-refractivity contribution >= 4 is 12.4 Å². The van der Waals surface area contributed by atoms with Gasteiger partial charge >= 0.3 is 0 Å². The molecule has 102 valence electrons. The first-order valence-corrected chi connectivity index (χ1v) is 5.90. The van der Waals surface area contributed by atoms with Gasteiger partial charge in [-0.05, 0) is 23.6 Å². The summed E-state index contributed by atoms with van der Waals surface area (Å²) in [5, 5.41) is 0. The number of methoxy groups -OCH3 is 1. The third kappa shape index (κ3) is 2.65. The zero-order valence-electron chi connectivity index (χ0n) is 10.9. The van der Waals surface area contributed by atoms with Crippen molar-refractivity contribution in [3.05, 3.63) is 17.7 Å². The number of nitrogens with two attached hydrogens (primary N) is 1. The minimum absolute atomic E-state index is 0. The molecule has 5 heteroatoms. The summed E-state index contributed by atoms with van der Waals surface area (Å²) in [5.41, 5.74) is 7.24. The van der Waals surface area contributed by atoms with Crippen LogP contribution in [0.2, 0.25) is 0 Å². The molecule has 0 aromatic heterocycles. The molecule has 0 bridgehead atoms. The van der Waals surface area contributed by atoms with Crippen LogP contribution in [0.3, 0.4) is 0 Å². The van der Waals surface area contributed by atoms with Crippen molar-refractivity contribution in [3.63, 3.8) is 0 Å². The minimum atomic E-state index is -0.0107. The molecule has 0 spiro atoms. The monoisotopic (exact) mass is 273 g/mol. The van der Waals surface area contributed by atoms with Crippen LogP contribution in [0.1, 0.15) is 31.9 Å². The van der Waals surface area contributed by atoms with Crippen LogP contribution < -0.4 is 19.9 Å². The average Bonchev–Trinajstić information content (AvgIpc) is 2.83. The Kier molecular flexibility index (Phi) is 5.11. The lowest BCUT2D eigenvalue weighted by atomic mass is 9.93. The second kappa shape index (κ2) is 6.16. The molecule has 0 aliphatic carbocycles. The SMILES string of the molecule is CCC(C)[C@H](N)c1cc(OC)c2c(c1)OCO2.Cl. The fourth-order valence-electron chi connectivity index (χ4n) is 1.92. The fraction of sp³-hybridized carbons (Fsp3) is 0.538. The van der Waals surface area contributed by atoms with Gasteiger partial charge in [0.05, 0.1) is 7.11 Å². The van der Waals surface area contributed by atoms with E-state index >= 15 is 0 Å². The number of fused-ring (bicyclic) bond motifs is 1. The van der Waals surface area contributed by atoms with Crippen LogP contribution in [-0.2, 0) is 0 Å². The van der Waals surface area contributed by atoms with Gasteiger partial charge in [-0.15, -0.1) is 12.4 Å². The fourth-order valence-corrected chi connectivity index (χ4v) is 1.92. The maximum Gasteiger partial charge on any atom is 0.231 e. The Morgan fingerprint density at radius 2 is 2.11 bits per heavy atom. The Balaban J connectivity index is 0.00000162. The molecule has 0 fully saturated rings. The maximum absolute atomic E-state index is 6.21. The van der Waals surface area contributed by atoms with Crippen molar-refractivity contribution in [3.8, 4) is 17.2 Å². The van der Waals surface area contributed by atoms with E-state index in [-0.39, 0.29) is 25.2 Å². The van der Waals surface area contributed by atoms with E-state index in [2.05, 4.69) is 13.8 Å². The Labute approximate surface area is 114 Å². The highest BCUT2D eigenvalue weighted by atomic mass is 35.5. The maximum atomic E-state index is 6.21. The summed E-state index contributed by atoms with van der Waals surface area (Å²) in [6.45, 7) is 4.52. The van der Waals surface area contributed by atoms with Crippen LogP contribution in [-0.4, -0.2) is 13.9 Å². The summed E-state index contributed by atoms with van der Waals surface area (Å²) >= 11 is 0. The smallest absolute Gasteiger partial charge is 0.231 e. The largest absolute Gasteiger partial charge is 0.493 e. The summed E-state index contributed by atoms with van der Waals surface area (Å²) in [6, 6.07) is 3.87. The lowest BCUT2D eigenvalue weighted by Gasteiger charge is -2.19. The van der Waals surface area contributed by atoms with Crippen molar-refractivity contribution in [2.75, 3.05) is 13.9 Å². The van der Waals surface area contributed by atoms with Crippen LogP contribution >= 0.6 is 12.4 Å². The molecule has 1 aliphatic heterocycles. The molecule has 0 saturated carbocycles. The molecule has 0 radical (unpaired) electrons. The van der Waals surface area contributed by atoms with Crippen LogP contribution in [0, 0.1) is 5.92 Å². The second-order valence-electron chi connectivity index (χ2n) is 4.37. The van der Waals surface area contributed by atoms with Gasteiger partial charge in [0.2, 0.25) is 12.5 Å². The van der Waals surface area contributed by atoms with E-state index in [0.29, 0.717) is 17.4 Å². The number of halogens is 1. The Morgan fingerprint density at radius 1 is 1.39 bits per heavy atom. The van der Waals surface area contributed by atoms with Crippen molar-refractivity contribution in [2.24, 2.45) is 11.7 Å². The van der Waals surface area contributed by atoms with Gasteiger partial charge in [0, 0.05) is 6.04 Å². The van der Waals surface area contributed by atoms with Gasteiger partial charge in [0.15, 0.2) is 11.5 Å². The van der Waals surface area contributed by atoms with E-state index in [9.17, 15) is 0 Å².